The molecule has 0 heterocycles. The van der Waals surface area contributed by atoms with Crippen LogP contribution >= 0.6 is 0 Å². The summed E-state index contributed by atoms with van der Waals surface area (Å²) in [6.45, 7) is 2.50. The van der Waals surface area contributed by atoms with Crippen molar-refractivity contribution in [2.45, 2.75) is 26.3 Å². The van der Waals surface area contributed by atoms with Crippen LogP contribution in [0.2, 0.25) is 0 Å². The van der Waals surface area contributed by atoms with E-state index in [1.165, 1.54) is 6.92 Å². The third kappa shape index (κ3) is 7.20. The highest BCUT2D eigenvalue weighted by Crippen LogP contribution is 1.90. The number of hydrogen-bond donors (Lipinski definition) is 4. The van der Waals surface area contributed by atoms with E-state index < -0.39 is 23.8 Å². The lowest BCUT2D eigenvalue weighted by atomic mass is 10.2. The van der Waals surface area contributed by atoms with Crippen LogP contribution in [0.15, 0.2) is 0 Å². The molecule has 1 unspecified atom stereocenters. The first-order chi connectivity index (χ1) is 8.36. The minimum Gasteiger partial charge on any atom is -0.368 e. The van der Waals surface area contributed by atoms with Crippen molar-refractivity contribution in [1.82, 2.24) is 16.0 Å². The van der Waals surface area contributed by atoms with Crippen LogP contribution in [0.5, 0.6) is 0 Å². The van der Waals surface area contributed by atoms with Crippen molar-refractivity contribution in [1.29, 1.82) is 0 Å². The highest BCUT2D eigenvalue weighted by Gasteiger charge is 2.18. The highest BCUT2D eigenvalue weighted by molar-refractivity contribution is 5.91. The van der Waals surface area contributed by atoms with Crippen molar-refractivity contribution >= 4 is 23.6 Å². The highest BCUT2D eigenvalue weighted by atomic mass is 16.2. The van der Waals surface area contributed by atoms with Crippen molar-refractivity contribution in [3.63, 3.8) is 0 Å². The van der Waals surface area contributed by atoms with Gasteiger partial charge in [0.2, 0.25) is 23.6 Å². The summed E-state index contributed by atoms with van der Waals surface area (Å²) >= 11 is 0. The first kappa shape index (κ1) is 15.9. The fraction of sp³-hybridized carbons (Fsp3) is 0.600. The van der Waals surface area contributed by atoms with Gasteiger partial charge in [0.15, 0.2) is 0 Å². The maximum atomic E-state index is 11.5. The molecule has 0 aliphatic heterocycles. The molecular formula is C10H18N4O4. The topological polar surface area (TPSA) is 130 Å². The van der Waals surface area contributed by atoms with Gasteiger partial charge in [0.25, 0.3) is 0 Å². The van der Waals surface area contributed by atoms with Crippen LogP contribution < -0.4 is 21.7 Å². The summed E-state index contributed by atoms with van der Waals surface area (Å²) in [6.07, 6.45) is 0.358. The monoisotopic (exact) mass is 258 g/mol. The van der Waals surface area contributed by atoms with E-state index in [2.05, 4.69) is 16.0 Å². The van der Waals surface area contributed by atoms with E-state index in [4.69, 9.17) is 5.73 Å². The summed E-state index contributed by atoms with van der Waals surface area (Å²) in [5.74, 6) is -1.97. The second-order valence-electron chi connectivity index (χ2n) is 3.62. The molecular weight excluding hydrogens is 240 g/mol. The normalized spacial score (nSPS) is 11.2. The number of hydrogen-bond acceptors (Lipinski definition) is 4. The van der Waals surface area contributed by atoms with E-state index in [1.54, 1.807) is 6.92 Å². The van der Waals surface area contributed by atoms with Crippen LogP contribution in [0, 0.1) is 0 Å². The fourth-order valence-electron chi connectivity index (χ4n) is 1.10. The largest absolute Gasteiger partial charge is 0.368 e. The summed E-state index contributed by atoms with van der Waals surface area (Å²) in [5, 5.41) is 7.02. The molecule has 4 amide bonds. The SMILES string of the molecule is CCC(NC(=O)CNC(C)=O)C(=O)NCC(N)=O. The molecule has 1 atom stereocenters. The van der Waals surface area contributed by atoms with Crippen LogP contribution in [-0.2, 0) is 19.2 Å². The molecule has 0 rings (SSSR count). The lowest BCUT2D eigenvalue weighted by Crippen LogP contribution is -2.50. The van der Waals surface area contributed by atoms with Gasteiger partial charge in [0, 0.05) is 6.92 Å². The molecule has 0 radical (unpaired) electrons. The van der Waals surface area contributed by atoms with Crippen LogP contribution in [-0.4, -0.2) is 42.8 Å². The first-order valence-corrected chi connectivity index (χ1v) is 5.46. The predicted molar refractivity (Wildman–Crippen MR) is 63.1 cm³/mol. The molecule has 18 heavy (non-hydrogen) atoms. The summed E-state index contributed by atoms with van der Waals surface area (Å²) in [5.41, 5.74) is 4.88. The number of amides is 4. The molecule has 0 aliphatic rings. The Hall–Kier alpha value is -2.12. The smallest absolute Gasteiger partial charge is 0.243 e. The van der Waals surface area contributed by atoms with Crippen LogP contribution in [0.3, 0.4) is 0 Å². The zero-order valence-corrected chi connectivity index (χ0v) is 10.4. The van der Waals surface area contributed by atoms with Gasteiger partial charge >= 0.3 is 0 Å². The second-order valence-corrected chi connectivity index (χ2v) is 3.62. The van der Waals surface area contributed by atoms with E-state index in [0.29, 0.717) is 6.42 Å². The van der Waals surface area contributed by atoms with Crippen molar-refractivity contribution in [2.24, 2.45) is 5.73 Å². The Kier molecular flexibility index (Phi) is 7.10. The van der Waals surface area contributed by atoms with E-state index >= 15 is 0 Å². The van der Waals surface area contributed by atoms with E-state index in [0.717, 1.165) is 0 Å². The van der Waals surface area contributed by atoms with Gasteiger partial charge in [-0.25, -0.2) is 0 Å². The van der Waals surface area contributed by atoms with Crippen LogP contribution in [0.4, 0.5) is 0 Å². The number of nitrogens with one attached hydrogen (secondary N) is 3. The summed E-state index contributed by atoms with van der Waals surface area (Å²) in [7, 11) is 0. The molecule has 5 N–H and O–H groups in total. The maximum absolute atomic E-state index is 11.5. The Bertz CT molecular complexity index is 343. The lowest BCUT2D eigenvalue weighted by molar-refractivity contribution is -0.130. The van der Waals surface area contributed by atoms with E-state index in [9.17, 15) is 19.2 Å². The van der Waals surface area contributed by atoms with Gasteiger partial charge in [-0.3, -0.25) is 19.2 Å². The molecule has 0 fully saturated rings. The van der Waals surface area contributed by atoms with E-state index in [1.807, 2.05) is 0 Å². The van der Waals surface area contributed by atoms with Gasteiger partial charge in [-0.15, -0.1) is 0 Å². The average molecular weight is 258 g/mol. The van der Waals surface area contributed by atoms with Crippen LogP contribution in [0.25, 0.3) is 0 Å². The number of rotatable bonds is 7. The van der Waals surface area contributed by atoms with Crippen LogP contribution in [0.1, 0.15) is 20.3 Å². The van der Waals surface area contributed by atoms with Gasteiger partial charge < -0.3 is 21.7 Å². The number of nitrogens with two attached hydrogens (primary N) is 1. The number of carbonyl (C=O) groups is 4. The van der Waals surface area contributed by atoms with Gasteiger partial charge in [-0.2, -0.15) is 0 Å². The Morgan fingerprint density at radius 3 is 2.17 bits per heavy atom. The Balaban J connectivity index is 4.16. The fourth-order valence-corrected chi connectivity index (χ4v) is 1.10. The minimum absolute atomic E-state index is 0.199. The number of primary amides is 1. The molecule has 0 aliphatic carbocycles. The first-order valence-electron chi connectivity index (χ1n) is 5.46. The molecule has 0 saturated carbocycles. The molecule has 0 spiro atoms. The van der Waals surface area contributed by atoms with Gasteiger partial charge in [-0.1, -0.05) is 6.92 Å². The molecule has 8 nitrogen and oxygen atoms in total. The molecule has 0 aromatic rings. The summed E-state index contributed by atoms with van der Waals surface area (Å²) < 4.78 is 0. The summed E-state index contributed by atoms with van der Waals surface area (Å²) in [6, 6.07) is -0.759. The molecule has 0 aromatic heterocycles. The van der Waals surface area contributed by atoms with Crippen molar-refractivity contribution in [3.8, 4) is 0 Å². The quantitative estimate of drug-likeness (QED) is 0.406. The molecule has 102 valence electrons. The van der Waals surface area contributed by atoms with Crippen molar-refractivity contribution < 1.29 is 19.2 Å². The van der Waals surface area contributed by atoms with Crippen molar-refractivity contribution in [3.05, 3.63) is 0 Å². The van der Waals surface area contributed by atoms with Gasteiger partial charge in [0.05, 0.1) is 13.1 Å². The lowest BCUT2D eigenvalue weighted by Gasteiger charge is -2.16. The third-order valence-electron chi connectivity index (χ3n) is 1.99. The van der Waals surface area contributed by atoms with Gasteiger partial charge in [0.1, 0.15) is 6.04 Å². The molecule has 0 saturated heterocycles. The zero-order valence-electron chi connectivity index (χ0n) is 10.4. The van der Waals surface area contributed by atoms with E-state index in [-0.39, 0.29) is 19.0 Å². The molecule has 0 aromatic carbocycles. The standard InChI is InChI=1S/C10H18N4O4/c1-3-7(10(18)13-4-8(11)16)14-9(17)5-12-6(2)15/h7H,3-5H2,1-2H3,(H2,11,16)(H,12,15)(H,13,18)(H,14,17). The third-order valence-corrected chi connectivity index (χ3v) is 1.99. The Morgan fingerprint density at radius 1 is 1.11 bits per heavy atom. The maximum Gasteiger partial charge on any atom is 0.243 e. The second kappa shape index (κ2) is 8.04. The van der Waals surface area contributed by atoms with Crippen molar-refractivity contribution in [2.75, 3.05) is 13.1 Å². The molecule has 8 heteroatoms. The number of carbonyl (C=O) groups excluding carboxylic acids is 4. The Labute approximate surface area is 105 Å². The summed E-state index contributed by atoms with van der Waals surface area (Å²) in [4.78, 5) is 44.0. The average Bonchev–Trinajstić information content (AvgIpc) is 2.30. The zero-order chi connectivity index (χ0) is 14.1. The minimum atomic E-state index is -0.759. The predicted octanol–water partition coefficient (Wildman–Crippen LogP) is -2.38. The van der Waals surface area contributed by atoms with Gasteiger partial charge in [-0.05, 0) is 6.42 Å². The Morgan fingerprint density at radius 2 is 1.72 bits per heavy atom. The molecule has 0 bridgehead atoms.